The van der Waals surface area contributed by atoms with Crippen LogP contribution < -0.4 is 4.90 Å². The molecule has 0 N–H and O–H groups in total. The van der Waals surface area contributed by atoms with E-state index in [-0.39, 0.29) is 11.3 Å². The molecule has 0 radical (unpaired) electrons. The Balaban J connectivity index is 0.000000296. The highest BCUT2D eigenvalue weighted by Gasteiger charge is 2.46. The van der Waals surface area contributed by atoms with Gasteiger partial charge in [0.15, 0.2) is 5.65 Å². The van der Waals surface area contributed by atoms with Crippen LogP contribution in [0.5, 0.6) is 0 Å². The van der Waals surface area contributed by atoms with E-state index in [9.17, 15) is 4.79 Å². The Kier molecular flexibility index (Phi) is 7.51. The molecule has 34 heavy (non-hydrogen) atoms. The van der Waals surface area contributed by atoms with Crippen LogP contribution in [0.15, 0.2) is 48.7 Å². The fourth-order valence-electron chi connectivity index (χ4n) is 4.83. The number of rotatable bonds is 2. The van der Waals surface area contributed by atoms with Crippen LogP contribution in [0, 0.1) is 18.3 Å². The fraction of sp³-hybridized carbons (Fsp3) is 0.519. The number of aryl methyl sites for hydroxylation is 1. The van der Waals surface area contributed by atoms with Crippen molar-refractivity contribution >= 4 is 17.2 Å². The van der Waals surface area contributed by atoms with Gasteiger partial charge in [-0.2, -0.15) is 0 Å². The number of likely N-dealkylation sites (tertiary alicyclic amines) is 1. The number of hydrogen-bond acceptors (Lipinski definition) is 5. The van der Waals surface area contributed by atoms with Gasteiger partial charge in [0.2, 0.25) is 5.82 Å². The molecule has 182 valence electrons. The summed E-state index contributed by atoms with van der Waals surface area (Å²) in [5.74, 6) is 0.961. The maximum atomic E-state index is 12.9. The van der Waals surface area contributed by atoms with E-state index in [0.717, 1.165) is 68.6 Å². The third kappa shape index (κ3) is 5.09. The van der Waals surface area contributed by atoms with Crippen LogP contribution in [-0.4, -0.2) is 64.8 Å². The first-order valence-corrected chi connectivity index (χ1v) is 12.5. The monoisotopic (exact) mass is 463 g/mol. The van der Waals surface area contributed by atoms with Gasteiger partial charge >= 0.3 is 0 Å². The molecule has 3 fully saturated rings. The average Bonchev–Trinajstić information content (AvgIpc) is 3.59. The number of amides is 1. The molecule has 5 heterocycles. The molecule has 6 rings (SSSR count). The molecule has 1 amide bonds. The van der Waals surface area contributed by atoms with Crippen molar-refractivity contribution in [2.24, 2.45) is 11.3 Å². The lowest BCUT2D eigenvalue weighted by atomic mass is 9.85. The van der Waals surface area contributed by atoms with E-state index in [2.05, 4.69) is 28.0 Å². The van der Waals surface area contributed by atoms with E-state index in [0.29, 0.717) is 5.82 Å². The van der Waals surface area contributed by atoms with Gasteiger partial charge in [-0.3, -0.25) is 4.79 Å². The lowest BCUT2D eigenvalue weighted by molar-refractivity contribution is -0.103. The molecule has 0 saturated carbocycles. The average molecular weight is 464 g/mol. The summed E-state index contributed by atoms with van der Waals surface area (Å²) in [6, 6.07) is 14.2. The van der Waals surface area contributed by atoms with Crippen molar-refractivity contribution in [2.75, 3.05) is 44.3 Å². The van der Waals surface area contributed by atoms with E-state index in [4.69, 9.17) is 4.74 Å². The Morgan fingerprint density at radius 1 is 1.09 bits per heavy atom. The van der Waals surface area contributed by atoms with E-state index in [1.165, 1.54) is 6.42 Å². The predicted molar refractivity (Wildman–Crippen MR) is 135 cm³/mol. The van der Waals surface area contributed by atoms with Crippen LogP contribution in [-0.2, 0) is 4.74 Å². The van der Waals surface area contributed by atoms with Crippen molar-refractivity contribution in [1.82, 2.24) is 19.5 Å². The number of fused-ring (bicyclic) bond motifs is 1. The minimum atomic E-state index is -0.0618. The predicted octanol–water partition coefficient (Wildman–Crippen LogP) is 4.46. The van der Waals surface area contributed by atoms with Gasteiger partial charge in [0.05, 0.1) is 25.1 Å². The first-order valence-electron chi connectivity index (χ1n) is 12.5. The molecule has 7 nitrogen and oxygen atoms in total. The zero-order valence-electron chi connectivity index (χ0n) is 20.9. The first kappa shape index (κ1) is 24.2. The number of anilines is 1. The van der Waals surface area contributed by atoms with Gasteiger partial charge in [-0.25, -0.2) is 9.50 Å². The number of benzene rings is 1. The fourth-order valence-corrected chi connectivity index (χ4v) is 4.83. The number of carbonyl (C=O) groups excluding carboxylic acids is 1. The normalized spacial score (nSPS) is 20.4. The highest BCUT2D eigenvalue weighted by Crippen LogP contribution is 2.37. The van der Waals surface area contributed by atoms with Crippen molar-refractivity contribution in [2.45, 2.75) is 40.5 Å². The first-order chi connectivity index (χ1) is 16.5. The summed E-state index contributed by atoms with van der Waals surface area (Å²) in [4.78, 5) is 21.7. The van der Waals surface area contributed by atoms with Crippen molar-refractivity contribution in [3.05, 3.63) is 60.0 Å². The molecular weight excluding hydrogens is 426 g/mol. The van der Waals surface area contributed by atoms with E-state index < -0.39 is 0 Å². The summed E-state index contributed by atoms with van der Waals surface area (Å²) >= 11 is 0. The van der Waals surface area contributed by atoms with Crippen LogP contribution in [0.1, 0.15) is 49.8 Å². The van der Waals surface area contributed by atoms with Gasteiger partial charge in [0, 0.05) is 31.6 Å². The molecule has 1 spiro atoms. The van der Waals surface area contributed by atoms with Gasteiger partial charge in [-0.1, -0.05) is 57.2 Å². The second-order valence-electron chi connectivity index (χ2n) is 9.55. The van der Waals surface area contributed by atoms with Crippen LogP contribution >= 0.6 is 0 Å². The van der Waals surface area contributed by atoms with Gasteiger partial charge < -0.3 is 14.5 Å². The molecular formula is C27H37N5O2. The smallest absolute Gasteiger partial charge is 0.293 e. The maximum absolute atomic E-state index is 12.9. The van der Waals surface area contributed by atoms with Crippen LogP contribution in [0.4, 0.5) is 5.69 Å². The molecule has 3 aromatic rings. The van der Waals surface area contributed by atoms with E-state index in [1.54, 1.807) is 4.52 Å². The van der Waals surface area contributed by atoms with Gasteiger partial charge in [-0.15, -0.1) is 5.10 Å². The Morgan fingerprint density at radius 2 is 1.76 bits per heavy atom. The second-order valence-corrected chi connectivity index (χ2v) is 9.55. The molecule has 0 aliphatic carbocycles. The quantitative estimate of drug-likeness (QED) is 0.562. The summed E-state index contributed by atoms with van der Waals surface area (Å²) in [5, 5.41) is 4.52. The van der Waals surface area contributed by atoms with Crippen molar-refractivity contribution < 1.29 is 9.53 Å². The lowest BCUT2D eigenvalue weighted by Gasteiger charge is -2.37. The highest BCUT2D eigenvalue weighted by molar-refractivity contribution is 5.91. The zero-order valence-corrected chi connectivity index (χ0v) is 20.9. The van der Waals surface area contributed by atoms with Gasteiger partial charge in [0.25, 0.3) is 5.91 Å². The molecule has 3 aliphatic rings. The summed E-state index contributed by atoms with van der Waals surface area (Å²) in [6.45, 7) is 13.5. The molecule has 3 aliphatic heterocycles. The Morgan fingerprint density at radius 3 is 2.29 bits per heavy atom. The maximum Gasteiger partial charge on any atom is 0.293 e. The van der Waals surface area contributed by atoms with Crippen molar-refractivity contribution in [1.29, 1.82) is 0 Å². The van der Waals surface area contributed by atoms with Gasteiger partial charge in [-0.05, 0) is 37.3 Å². The second kappa shape index (κ2) is 10.6. The molecule has 0 bridgehead atoms. The molecule has 3 saturated heterocycles. The number of aromatic nitrogens is 3. The molecule has 1 aromatic carbocycles. The topological polar surface area (TPSA) is 63.0 Å². The molecule has 1 unspecified atom stereocenters. The number of hydrogen-bond donors (Lipinski definition) is 0. The number of carbonyl (C=O) groups is 1. The molecule has 2 aromatic heterocycles. The van der Waals surface area contributed by atoms with Crippen molar-refractivity contribution in [3.63, 3.8) is 0 Å². The standard InChI is InChI=1S/C19H25N5O2.C6H6.C2H6/c1-13-3-5-22(8-13)15-7-14(2)17-20-16(21-24(17)9-15)18(25)23-6-4-19(10-23)11-26-12-19;1-2-4-6-5-3-1;1-2/h7,9,13H,3-6,8,10-12H2,1-2H3;1-6H;1-2H3. The summed E-state index contributed by atoms with van der Waals surface area (Å²) < 4.78 is 7.13. The lowest BCUT2D eigenvalue weighted by Crippen LogP contribution is -2.45. The largest absolute Gasteiger partial charge is 0.380 e. The van der Waals surface area contributed by atoms with E-state index in [1.807, 2.05) is 68.3 Å². The molecule has 7 heteroatoms. The third-order valence-corrected chi connectivity index (χ3v) is 6.79. The minimum absolute atomic E-state index is 0.0618. The zero-order chi connectivity index (χ0) is 24.1. The summed E-state index contributed by atoms with van der Waals surface area (Å²) in [6.07, 6.45) is 4.25. The molecule has 1 atom stereocenters. The minimum Gasteiger partial charge on any atom is -0.380 e. The number of pyridine rings is 1. The van der Waals surface area contributed by atoms with Crippen LogP contribution in [0.3, 0.4) is 0 Å². The number of nitrogens with zero attached hydrogens (tertiary/aromatic N) is 5. The summed E-state index contributed by atoms with van der Waals surface area (Å²) in [7, 11) is 0. The number of ether oxygens (including phenoxy) is 1. The van der Waals surface area contributed by atoms with E-state index >= 15 is 0 Å². The van der Waals surface area contributed by atoms with Crippen molar-refractivity contribution in [3.8, 4) is 0 Å². The SMILES string of the molecule is CC.Cc1cc(N2CCC(C)C2)cn2nc(C(=O)N3CCC4(COC4)C3)nc12.c1ccccc1. The van der Waals surface area contributed by atoms with Gasteiger partial charge in [0.1, 0.15) is 0 Å². The van der Waals surface area contributed by atoms with Crippen LogP contribution in [0.25, 0.3) is 5.65 Å². The third-order valence-electron chi connectivity index (χ3n) is 6.79. The summed E-state index contributed by atoms with van der Waals surface area (Å²) in [5.41, 5.74) is 3.17. The highest BCUT2D eigenvalue weighted by atomic mass is 16.5. The Labute approximate surface area is 202 Å². The van der Waals surface area contributed by atoms with Crippen LogP contribution in [0.2, 0.25) is 0 Å². The Bertz CT molecular complexity index is 1070. The Hall–Kier alpha value is -2.93.